The van der Waals surface area contributed by atoms with Crippen molar-refractivity contribution in [3.63, 3.8) is 0 Å². The molecule has 0 radical (unpaired) electrons. The molecular formula is C55H48Cl2N2O7. The lowest BCUT2D eigenvalue weighted by Crippen LogP contribution is -2.50. The van der Waals surface area contributed by atoms with E-state index < -0.39 is 23.9 Å². The largest absolute Gasteiger partial charge is 0.489 e. The minimum absolute atomic E-state index is 0.0426. The molecule has 1 aliphatic rings. The Morgan fingerprint density at radius 1 is 0.561 bits per heavy atom. The first-order valence-electron chi connectivity index (χ1n) is 21.8. The molecule has 1 amide bonds. The molecule has 8 rings (SSSR count). The van der Waals surface area contributed by atoms with Gasteiger partial charge >= 0.3 is 5.97 Å². The van der Waals surface area contributed by atoms with Crippen LogP contribution in [0.3, 0.4) is 0 Å². The van der Waals surface area contributed by atoms with Gasteiger partial charge in [-0.05, 0) is 90.2 Å². The highest BCUT2D eigenvalue weighted by Crippen LogP contribution is 2.38. The molecule has 11 heteroatoms. The van der Waals surface area contributed by atoms with Gasteiger partial charge in [-0.3, -0.25) is 14.5 Å². The van der Waals surface area contributed by atoms with Crippen LogP contribution in [0.25, 0.3) is 0 Å². The van der Waals surface area contributed by atoms with Crippen molar-refractivity contribution in [2.45, 2.75) is 51.4 Å². The van der Waals surface area contributed by atoms with Crippen molar-refractivity contribution in [1.29, 1.82) is 0 Å². The fourth-order valence-electron chi connectivity index (χ4n) is 7.84. The van der Waals surface area contributed by atoms with E-state index in [9.17, 15) is 14.4 Å². The highest BCUT2D eigenvalue weighted by atomic mass is 35.5. The van der Waals surface area contributed by atoms with Crippen LogP contribution in [0.4, 0.5) is 0 Å². The number of carbonyl (C=O) groups excluding carboxylic acids is 3. The fourth-order valence-corrected chi connectivity index (χ4v) is 8.41. The van der Waals surface area contributed by atoms with E-state index in [1.165, 1.54) is 12.1 Å². The number of halogens is 2. The second-order valence-corrected chi connectivity index (χ2v) is 16.8. The normalized spacial score (nSPS) is 14.9. The monoisotopic (exact) mass is 918 g/mol. The molecule has 7 aromatic carbocycles. The average molecular weight is 920 g/mol. The zero-order chi connectivity index (χ0) is 45.7. The summed E-state index contributed by atoms with van der Waals surface area (Å²) >= 11 is 13.2. The third kappa shape index (κ3) is 12.0. The van der Waals surface area contributed by atoms with E-state index in [1.54, 1.807) is 42.5 Å². The number of rotatable bonds is 17. The van der Waals surface area contributed by atoms with Crippen molar-refractivity contribution in [3.05, 3.63) is 230 Å². The van der Waals surface area contributed by atoms with Crippen LogP contribution in [0, 0.1) is 0 Å². The summed E-state index contributed by atoms with van der Waals surface area (Å²) in [6, 6.07) is 53.1. The maximum Gasteiger partial charge on any atom is 0.338 e. The fraction of sp³-hybridized carbons (Fsp3) is 0.182. The molecule has 0 unspecified atom stereocenters. The Hall–Kier alpha value is -6.91. The highest BCUT2D eigenvalue weighted by molar-refractivity contribution is 6.41. The maximum atomic E-state index is 14.6. The predicted molar refractivity (Wildman–Crippen MR) is 257 cm³/mol. The summed E-state index contributed by atoms with van der Waals surface area (Å²) in [6.07, 6.45) is 0.458. The topological polar surface area (TPSA) is 103 Å². The van der Waals surface area contributed by atoms with Gasteiger partial charge < -0.3 is 24.3 Å². The summed E-state index contributed by atoms with van der Waals surface area (Å²) in [4.78, 5) is 45.5. The van der Waals surface area contributed by atoms with Gasteiger partial charge in [-0.2, -0.15) is 0 Å². The first-order chi connectivity index (χ1) is 32.3. The second-order valence-electron chi connectivity index (χ2n) is 16.0. The second kappa shape index (κ2) is 22.3. The number of carbonyl (C=O) groups is 3. The number of hydrogen-bond acceptors (Lipinski definition) is 8. The molecule has 0 spiro atoms. The number of benzene rings is 7. The van der Waals surface area contributed by atoms with Crippen molar-refractivity contribution in [2.24, 2.45) is 0 Å². The van der Waals surface area contributed by atoms with Gasteiger partial charge in [0.15, 0.2) is 0 Å². The van der Waals surface area contributed by atoms with Gasteiger partial charge in [-0.15, -0.1) is 0 Å². The van der Waals surface area contributed by atoms with E-state index >= 15 is 0 Å². The molecule has 1 N–H and O–H groups in total. The van der Waals surface area contributed by atoms with Gasteiger partial charge in [-0.25, -0.2) is 4.79 Å². The Bertz CT molecular complexity index is 2640. The minimum atomic E-state index is -0.721. The molecule has 1 aliphatic heterocycles. The number of ketones is 1. The molecule has 1 heterocycles. The van der Waals surface area contributed by atoms with E-state index in [2.05, 4.69) is 22.3 Å². The Labute approximate surface area is 394 Å². The van der Waals surface area contributed by atoms with E-state index in [0.717, 1.165) is 28.8 Å². The third-order valence-electron chi connectivity index (χ3n) is 11.2. The van der Waals surface area contributed by atoms with Crippen molar-refractivity contribution in [2.75, 3.05) is 13.1 Å². The van der Waals surface area contributed by atoms with Crippen molar-refractivity contribution >= 4 is 40.9 Å². The summed E-state index contributed by atoms with van der Waals surface area (Å²) in [5.74, 6) is -0.752. The number of likely N-dealkylation sites (tertiary alicyclic amines) is 1. The van der Waals surface area contributed by atoms with Crippen LogP contribution in [0.2, 0.25) is 10.0 Å². The first kappa shape index (κ1) is 45.7. The molecule has 0 bridgehead atoms. The van der Waals surface area contributed by atoms with Crippen LogP contribution in [0.15, 0.2) is 176 Å². The molecule has 9 nitrogen and oxygen atoms in total. The van der Waals surface area contributed by atoms with Crippen molar-refractivity contribution in [1.82, 2.24) is 10.2 Å². The SMILES string of the molecule is O=C(N[C@H]1CN(Cc2ccccc2)CCC[C@@H]1OC(=O)c1cc(OCc2ccccc2)c(C(=O)c2c(Cl)cccc2Cl)c(OCc2ccccc2)c1)c1ccc(OCc2ccccc2)cc1. The molecule has 0 aromatic heterocycles. The molecule has 2 atom stereocenters. The molecule has 0 saturated carbocycles. The quantitative estimate of drug-likeness (QED) is 0.0712. The lowest BCUT2D eigenvalue weighted by molar-refractivity contribution is 0.0174. The van der Waals surface area contributed by atoms with Gasteiger partial charge in [0.05, 0.1) is 27.2 Å². The van der Waals surface area contributed by atoms with Crippen LogP contribution in [-0.4, -0.2) is 47.8 Å². The van der Waals surface area contributed by atoms with Gasteiger partial charge in [0.1, 0.15) is 48.7 Å². The standard InChI is InChI=1S/C55H48Cl2N2O7/c56-45-23-13-24-46(57)51(45)53(60)52-49(64-36-40-19-9-3-10-20-40)31-43(32-50(52)65-37-41-21-11-4-12-22-41)55(62)66-48-25-14-30-59(33-38-15-5-1-6-16-38)34-47(48)58-54(61)42-26-28-44(29-27-42)63-35-39-17-7-2-8-18-39/h1-13,15-24,26-29,31-32,47-48H,14,25,30,33-37H2,(H,58,61)/t47-,48-/m0/s1. The van der Waals surface area contributed by atoms with E-state index in [4.69, 9.17) is 42.1 Å². The van der Waals surface area contributed by atoms with Gasteiger partial charge in [0, 0.05) is 18.7 Å². The smallest absolute Gasteiger partial charge is 0.338 e. The Balaban J connectivity index is 1.10. The molecule has 66 heavy (non-hydrogen) atoms. The summed E-state index contributed by atoms with van der Waals surface area (Å²) in [5.41, 5.74) is 4.46. The molecule has 334 valence electrons. The van der Waals surface area contributed by atoms with E-state index in [1.807, 2.05) is 109 Å². The average Bonchev–Trinajstić information content (AvgIpc) is 3.53. The predicted octanol–water partition coefficient (Wildman–Crippen LogP) is 11.6. The Morgan fingerprint density at radius 2 is 1.06 bits per heavy atom. The minimum Gasteiger partial charge on any atom is -0.489 e. The Morgan fingerprint density at radius 3 is 1.59 bits per heavy atom. The number of esters is 1. The zero-order valence-electron chi connectivity index (χ0n) is 36.1. The number of nitrogens with one attached hydrogen (secondary N) is 1. The lowest BCUT2D eigenvalue weighted by atomic mass is 9.99. The number of amides is 1. The maximum absolute atomic E-state index is 14.6. The van der Waals surface area contributed by atoms with Crippen molar-refractivity contribution < 1.29 is 33.3 Å². The van der Waals surface area contributed by atoms with Crippen LogP contribution < -0.4 is 19.5 Å². The van der Waals surface area contributed by atoms with Crippen LogP contribution in [0.5, 0.6) is 17.2 Å². The van der Waals surface area contributed by atoms with Crippen molar-refractivity contribution in [3.8, 4) is 17.2 Å². The zero-order valence-corrected chi connectivity index (χ0v) is 37.6. The van der Waals surface area contributed by atoms with Gasteiger partial charge in [-0.1, -0.05) is 151 Å². The van der Waals surface area contributed by atoms with Gasteiger partial charge in [0.2, 0.25) is 5.78 Å². The summed E-state index contributed by atoms with van der Waals surface area (Å²) in [5, 5.41) is 3.50. The Kier molecular flexibility index (Phi) is 15.4. The number of nitrogens with zero attached hydrogens (tertiary/aromatic N) is 1. The third-order valence-corrected chi connectivity index (χ3v) is 11.9. The first-order valence-corrected chi connectivity index (χ1v) is 22.6. The molecule has 1 fully saturated rings. The van der Waals surface area contributed by atoms with E-state index in [0.29, 0.717) is 43.9 Å². The van der Waals surface area contributed by atoms with Crippen LogP contribution in [-0.2, 0) is 31.1 Å². The molecule has 1 saturated heterocycles. The highest BCUT2D eigenvalue weighted by Gasteiger charge is 2.34. The summed E-state index contributed by atoms with van der Waals surface area (Å²) in [7, 11) is 0. The number of ether oxygens (including phenoxy) is 4. The molecule has 0 aliphatic carbocycles. The lowest BCUT2D eigenvalue weighted by Gasteiger charge is -2.29. The van der Waals surface area contributed by atoms with Gasteiger partial charge in [0.25, 0.3) is 5.91 Å². The molecular weight excluding hydrogens is 872 g/mol. The molecule has 7 aromatic rings. The van der Waals surface area contributed by atoms with Crippen LogP contribution in [0.1, 0.15) is 71.7 Å². The number of hydrogen-bond donors (Lipinski definition) is 1. The summed E-state index contributed by atoms with van der Waals surface area (Å²) < 4.78 is 25.2. The summed E-state index contributed by atoms with van der Waals surface area (Å²) in [6.45, 7) is 2.33. The van der Waals surface area contributed by atoms with Crippen LogP contribution >= 0.6 is 23.2 Å². The van der Waals surface area contributed by atoms with E-state index in [-0.39, 0.29) is 57.4 Å².